The fraction of sp³-hybridized carbons (Fsp3) is 0.500. The second kappa shape index (κ2) is 6.13. The molecule has 22 heavy (non-hydrogen) atoms. The second-order valence-electron chi connectivity index (χ2n) is 6.54. The first kappa shape index (κ1) is 15.1. The van der Waals surface area contributed by atoms with E-state index in [9.17, 15) is 9.90 Å². The average Bonchev–Trinajstić information content (AvgIpc) is 2.50. The summed E-state index contributed by atoms with van der Waals surface area (Å²) in [4.78, 5) is 11.8. The third-order valence-corrected chi connectivity index (χ3v) is 5.04. The molecule has 1 aliphatic rings. The number of phenolic OH excluding ortho intramolecular Hbond substituents is 1. The Morgan fingerprint density at radius 3 is 2.86 bits per heavy atom. The van der Waals surface area contributed by atoms with Gasteiger partial charge >= 0.3 is 5.63 Å². The number of nitrogens with two attached hydrogens (primary N) is 1. The number of hydrogen-bond acceptors (Lipinski definition) is 3. The summed E-state index contributed by atoms with van der Waals surface area (Å²) in [6, 6.07) is 5.73. The smallest absolute Gasteiger partial charge is 0.336 e. The Balaban J connectivity index is 1.90. The molecule has 0 saturated heterocycles. The van der Waals surface area contributed by atoms with Crippen molar-refractivity contribution in [2.45, 2.75) is 52.1 Å². The predicted molar refractivity (Wildman–Crippen MR) is 85.9 cm³/mol. The van der Waals surface area contributed by atoms with E-state index in [0.29, 0.717) is 17.2 Å². The molecule has 0 bridgehead atoms. The molecule has 1 aromatic carbocycles. The minimum atomic E-state index is -0.346. The summed E-state index contributed by atoms with van der Waals surface area (Å²) in [6.07, 6.45) is 5.18. The van der Waals surface area contributed by atoms with Gasteiger partial charge in [0.05, 0.1) is 6.04 Å². The molecule has 0 aliphatic heterocycles. The Bertz CT molecular complexity index is 735. The van der Waals surface area contributed by atoms with E-state index in [4.69, 9.17) is 4.42 Å². The van der Waals surface area contributed by atoms with Crippen molar-refractivity contribution in [3.05, 3.63) is 39.7 Å². The van der Waals surface area contributed by atoms with Crippen LogP contribution in [-0.2, 0) is 6.54 Å². The summed E-state index contributed by atoms with van der Waals surface area (Å²) in [6.45, 7) is 4.87. The molecule has 1 heterocycles. The van der Waals surface area contributed by atoms with Crippen LogP contribution in [-0.4, -0.2) is 11.1 Å². The van der Waals surface area contributed by atoms with Crippen molar-refractivity contribution in [2.24, 2.45) is 5.92 Å². The lowest BCUT2D eigenvalue weighted by molar-refractivity contribution is -0.712. The highest BCUT2D eigenvalue weighted by Gasteiger charge is 2.24. The molecule has 0 spiro atoms. The van der Waals surface area contributed by atoms with E-state index in [1.54, 1.807) is 19.1 Å². The highest BCUT2D eigenvalue weighted by atomic mass is 16.4. The lowest BCUT2D eigenvalue weighted by atomic mass is 9.86. The first-order valence-electron chi connectivity index (χ1n) is 8.15. The van der Waals surface area contributed by atoms with Crippen LogP contribution in [0.25, 0.3) is 11.0 Å². The molecule has 4 nitrogen and oxygen atoms in total. The van der Waals surface area contributed by atoms with Crippen LogP contribution in [0, 0.1) is 12.8 Å². The molecule has 1 fully saturated rings. The lowest BCUT2D eigenvalue weighted by Crippen LogP contribution is -2.90. The number of aromatic hydroxyl groups is 1. The van der Waals surface area contributed by atoms with Gasteiger partial charge in [0.25, 0.3) is 0 Å². The van der Waals surface area contributed by atoms with Gasteiger partial charge in [0, 0.05) is 28.5 Å². The molecule has 0 unspecified atom stereocenters. The van der Waals surface area contributed by atoms with Crippen LogP contribution in [0.1, 0.15) is 43.7 Å². The summed E-state index contributed by atoms with van der Waals surface area (Å²) in [5, 5.41) is 13.1. The maximum Gasteiger partial charge on any atom is 0.336 e. The number of benzene rings is 1. The summed E-state index contributed by atoms with van der Waals surface area (Å²) in [5.74, 6) is 0.892. The zero-order valence-corrected chi connectivity index (χ0v) is 13.3. The molecule has 1 saturated carbocycles. The van der Waals surface area contributed by atoms with Gasteiger partial charge in [-0.25, -0.2) is 4.79 Å². The highest BCUT2D eigenvalue weighted by molar-refractivity contribution is 5.84. The van der Waals surface area contributed by atoms with E-state index in [0.717, 1.165) is 23.4 Å². The van der Waals surface area contributed by atoms with Crippen molar-refractivity contribution < 1.29 is 14.8 Å². The molecule has 3 rings (SSSR count). The minimum absolute atomic E-state index is 0.165. The summed E-state index contributed by atoms with van der Waals surface area (Å²) >= 11 is 0. The standard InChI is InChI=1S/C18H23NO3/c1-11-5-3-4-6-15(11)19-10-13-9-17(21)22-18-12(2)16(20)8-7-14(13)18/h7-9,11,15,19-20H,3-6,10H2,1-2H3/p+1/t11-,15-/m0/s1. The first-order valence-corrected chi connectivity index (χ1v) is 8.15. The largest absolute Gasteiger partial charge is 0.508 e. The third kappa shape index (κ3) is 2.88. The van der Waals surface area contributed by atoms with Gasteiger partial charge in [0.2, 0.25) is 0 Å². The van der Waals surface area contributed by atoms with Crippen molar-refractivity contribution in [2.75, 3.05) is 0 Å². The summed E-state index contributed by atoms with van der Waals surface area (Å²) in [7, 11) is 0. The monoisotopic (exact) mass is 302 g/mol. The van der Waals surface area contributed by atoms with Crippen LogP contribution in [0.4, 0.5) is 0 Å². The molecule has 1 aliphatic carbocycles. The van der Waals surface area contributed by atoms with E-state index in [-0.39, 0.29) is 11.4 Å². The van der Waals surface area contributed by atoms with E-state index in [1.807, 2.05) is 6.07 Å². The number of hydrogen-bond donors (Lipinski definition) is 2. The van der Waals surface area contributed by atoms with Gasteiger partial charge in [0.15, 0.2) is 0 Å². The van der Waals surface area contributed by atoms with Crippen molar-refractivity contribution in [3.63, 3.8) is 0 Å². The number of rotatable bonds is 3. The van der Waals surface area contributed by atoms with E-state index < -0.39 is 0 Å². The zero-order valence-electron chi connectivity index (χ0n) is 13.3. The van der Waals surface area contributed by atoms with Gasteiger partial charge in [-0.2, -0.15) is 0 Å². The Hall–Kier alpha value is -1.81. The summed E-state index contributed by atoms with van der Waals surface area (Å²) in [5.41, 5.74) is 1.78. The molecule has 1 aromatic heterocycles. The SMILES string of the molecule is Cc1c(O)ccc2c(C[NH2+][C@H]3CCCC[C@@H]3C)cc(=O)oc12. The third-order valence-electron chi connectivity index (χ3n) is 5.04. The van der Waals surface area contributed by atoms with Crippen LogP contribution in [0.2, 0.25) is 0 Å². The van der Waals surface area contributed by atoms with Crippen LogP contribution in [0.3, 0.4) is 0 Å². The van der Waals surface area contributed by atoms with Crippen molar-refractivity contribution in [3.8, 4) is 5.75 Å². The molecule has 4 heteroatoms. The Labute approximate surface area is 130 Å². The average molecular weight is 302 g/mol. The molecular formula is C18H24NO3+. The van der Waals surface area contributed by atoms with E-state index in [2.05, 4.69) is 12.2 Å². The first-order chi connectivity index (χ1) is 10.6. The zero-order chi connectivity index (χ0) is 15.7. The second-order valence-corrected chi connectivity index (χ2v) is 6.54. The van der Waals surface area contributed by atoms with Gasteiger partial charge in [-0.1, -0.05) is 13.3 Å². The molecule has 0 radical (unpaired) electrons. The number of fused-ring (bicyclic) bond motifs is 1. The Morgan fingerprint density at radius 1 is 1.32 bits per heavy atom. The number of aryl methyl sites for hydroxylation is 1. The van der Waals surface area contributed by atoms with Crippen molar-refractivity contribution in [1.29, 1.82) is 0 Å². The van der Waals surface area contributed by atoms with Gasteiger partial charge in [-0.15, -0.1) is 0 Å². The number of quaternary nitrogens is 1. The van der Waals surface area contributed by atoms with Gasteiger partial charge < -0.3 is 14.8 Å². The van der Waals surface area contributed by atoms with Gasteiger partial charge in [-0.05, 0) is 38.3 Å². The highest BCUT2D eigenvalue weighted by Crippen LogP contribution is 2.27. The quantitative estimate of drug-likeness (QED) is 0.856. The minimum Gasteiger partial charge on any atom is -0.508 e. The summed E-state index contributed by atoms with van der Waals surface area (Å²) < 4.78 is 5.30. The van der Waals surface area contributed by atoms with Crippen LogP contribution in [0.5, 0.6) is 5.75 Å². The molecule has 2 atom stereocenters. The normalized spacial score (nSPS) is 22.1. The molecule has 2 aromatic rings. The van der Waals surface area contributed by atoms with Gasteiger partial charge in [0.1, 0.15) is 17.9 Å². The molecule has 118 valence electrons. The van der Waals surface area contributed by atoms with Crippen LogP contribution >= 0.6 is 0 Å². The maximum absolute atomic E-state index is 11.8. The molecular weight excluding hydrogens is 278 g/mol. The van der Waals surface area contributed by atoms with E-state index in [1.165, 1.54) is 25.7 Å². The van der Waals surface area contributed by atoms with Crippen LogP contribution < -0.4 is 10.9 Å². The Morgan fingerprint density at radius 2 is 2.09 bits per heavy atom. The Kier molecular flexibility index (Phi) is 4.21. The van der Waals surface area contributed by atoms with Crippen molar-refractivity contribution >= 4 is 11.0 Å². The fourth-order valence-corrected chi connectivity index (χ4v) is 3.56. The van der Waals surface area contributed by atoms with Crippen molar-refractivity contribution in [1.82, 2.24) is 0 Å². The topological polar surface area (TPSA) is 67.1 Å². The predicted octanol–water partition coefficient (Wildman–Crippen LogP) is 2.45. The van der Waals surface area contributed by atoms with E-state index >= 15 is 0 Å². The molecule has 0 amide bonds. The molecule has 3 N–H and O–H groups in total. The van der Waals surface area contributed by atoms with Crippen LogP contribution in [0.15, 0.2) is 27.4 Å². The van der Waals surface area contributed by atoms with Gasteiger partial charge in [-0.3, -0.25) is 0 Å². The lowest BCUT2D eigenvalue weighted by Gasteiger charge is -2.26. The fourth-order valence-electron chi connectivity index (χ4n) is 3.56. The number of phenols is 1. The maximum atomic E-state index is 11.8.